The highest BCUT2D eigenvalue weighted by Crippen LogP contribution is 2.13. The Balaban J connectivity index is 1.41. The number of hydrogen-bond donors (Lipinski definition) is 0. The molecule has 8 heteroatoms. The predicted octanol–water partition coefficient (Wildman–Crippen LogP) is 1.97. The van der Waals surface area contributed by atoms with Crippen LogP contribution < -0.4 is 4.90 Å². The molecule has 0 amide bonds. The fourth-order valence-electron chi connectivity index (χ4n) is 2.94. The highest BCUT2D eigenvalue weighted by molar-refractivity contribution is 7.71. The summed E-state index contributed by atoms with van der Waals surface area (Å²) in [7, 11) is 0. The molecule has 1 aliphatic heterocycles. The molecule has 0 aliphatic carbocycles. The maximum atomic E-state index is 5.53. The monoisotopic (exact) mass is 353 g/mol. The van der Waals surface area contributed by atoms with Gasteiger partial charge in [-0.25, -0.2) is 9.67 Å². The maximum Gasteiger partial charge on any atom is 0.221 e. The summed E-state index contributed by atoms with van der Waals surface area (Å²) in [4.78, 5) is 9.06. The van der Waals surface area contributed by atoms with E-state index in [-0.39, 0.29) is 0 Å². The average Bonchev–Trinajstić information content (AvgIpc) is 3.04. The van der Waals surface area contributed by atoms with Crippen LogP contribution in [0.5, 0.6) is 0 Å². The fourth-order valence-corrected chi connectivity index (χ4v) is 3.18. The molecule has 0 atom stereocenters. The zero-order chi connectivity index (χ0) is 17.1. The van der Waals surface area contributed by atoms with Gasteiger partial charge < -0.3 is 4.90 Å². The number of tetrazole rings is 1. The first-order chi connectivity index (χ1) is 12.3. The van der Waals surface area contributed by atoms with Crippen molar-refractivity contribution in [3.63, 3.8) is 0 Å². The van der Waals surface area contributed by atoms with Crippen LogP contribution in [-0.2, 0) is 6.67 Å². The molecular formula is C17H19N7S. The standard InChI is InChI=1S/C17H19N7S/c25-17-23(19-20-24(17)15-6-2-1-3-7-15)14-21-10-12-22(13-11-21)16-8-4-5-9-18-16/h1-9H,10-14H2. The van der Waals surface area contributed by atoms with Gasteiger partial charge in [0.05, 0.1) is 12.4 Å². The summed E-state index contributed by atoms with van der Waals surface area (Å²) >= 11 is 5.53. The molecule has 1 aromatic carbocycles. The molecule has 1 aliphatic rings. The Bertz CT molecular complexity index is 867. The van der Waals surface area contributed by atoms with Crippen LogP contribution in [0.25, 0.3) is 5.69 Å². The van der Waals surface area contributed by atoms with Crippen molar-refractivity contribution in [3.8, 4) is 5.69 Å². The molecule has 0 radical (unpaired) electrons. The van der Waals surface area contributed by atoms with Crippen LogP contribution in [0.2, 0.25) is 0 Å². The van der Waals surface area contributed by atoms with Gasteiger partial charge >= 0.3 is 0 Å². The minimum atomic E-state index is 0.610. The highest BCUT2D eigenvalue weighted by Gasteiger charge is 2.19. The van der Waals surface area contributed by atoms with Crippen molar-refractivity contribution in [3.05, 3.63) is 59.5 Å². The summed E-state index contributed by atoms with van der Waals surface area (Å²) in [6.07, 6.45) is 1.84. The molecule has 1 fully saturated rings. The zero-order valence-corrected chi connectivity index (χ0v) is 14.6. The first-order valence-electron chi connectivity index (χ1n) is 8.28. The van der Waals surface area contributed by atoms with Gasteiger partial charge in [-0.2, -0.15) is 4.68 Å². The van der Waals surface area contributed by atoms with Crippen molar-refractivity contribution < 1.29 is 0 Å². The van der Waals surface area contributed by atoms with E-state index in [0.717, 1.165) is 37.7 Å². The topological polar surface area (TPSA) is 55.0 Å². The third kappa shape index (κ3) is 3.45. The van der Waals surface area contributed by atoms with Gasteiger partial charge in [-0.3, -0.25) is 4.90 Å². The van der Waals surface area contributed by atoms with Gasteiger partial charge in [0.25, 0.3) is 0 Å². The molecule has 1 saturated heterocycles. The van der Waals surface area contributed by atoms with E-state index in [0.29, 0.717) is 11.4 Å². The number of rotatable bonds is 4. The molecule has 4 rings (SSSR count). The van der Waals surface area contributed by atoms with E-state index in [1.54, 1.807) is 9.36 Å². The summed E-state index contributed by atoms with van der Waals surface area (Å²) < 4.78 is 4.08. The van der Waals surface area contributed by atoms with Gasteiger partial charge in [0.1, 0.15) is 5.82 Å². The Kier molecular flexibility index (Phi) is 4.53. The van der Waals surface area contributed by atoms with Gasteiger partial charge in [-0.1, -0.05) is 24.3 Å². The first kappa shape index (κ1) is 15.9. The van der Waals surface area contributed by atoms with Crippen LogP contribution >= 0.6 is 12.2 Å². The second kappa shape index (κ2) is 7.12. The van der Waals surface area contributed by atoms with Crippen LogP contribution in [0.3, 0.4) is 0 Å². The molecule has 0 bridgehead atoms. The molecule has 3 heterocycles. The minimum absolute atomic E-state index is 0.610. The number of nitrogens with zero attached hydrogens (tertiary/aromatic N) is 7. The first-order valence-corrected chi connectivity index (χ1v) is 8.69. The average molecular weight is 353 g/mol. The van der Waals surface area contributed by atoms with Crippen LogP contribution in [0, 0.1) is 4.77 Å². The lowest BCUT2D eigenvalue weighted by Gasteiger charge is -2.34. The van der Waals surface area contributed by atoms with Crippen LogP contribution in [0.1, 0.15) is 0 Å². The van der Waals surface area contributed by atoms with Gasteiger partial charge in [0.2, 0.25) is 4.77 Å². The zero-order valence-electron chi connectivity index (χ0n) is 13.8. The molecule has 128 valence electrons. The van der Waals surface area contributed by atoms with Gasteiger partial charge in [0, 0.05) is 32.4 Å². The summed E-state index contributed by atoms with van der Waals surface area (Å²) in [6.45, 7) is 4.42. The minimum Gasteiger partial charge on any atom is -0.354 e. The Morgan fingerprint density at radius 3 is 2.36 bits per heavy atom. The van der Waals surface area contributed by atoms with Crippen molar-refractivity contribution in [2.45, 2.75) is 6.67 Å². The van der Waals surface area contributed by atoms with Crippen molar-refractivity contribution in [2.24, 2.45) is 0 Å². The van der Waals surface area contributed by atoms with E-state index in [9.17, 15) is 0 Å². The summed E-state index contributed by atoms with van der Waals surface area (Å²) in [5.41, 5.74) is 0.929. The number of anilines is 1. The molecule has 25 heavy (non-hydrogen) atoms. The largest absolute Gasteiger partial charge is 0.354 e. The van der Waals surface area contributed by atoms with E-state index >= 15 is 0 Å². The number of benzene rings is 1. The van der Waals surface area contributed by atoms with Gasteiger partial charge in [-0.15, -0.1) is 0 Å². The normalized spacial score (nSPS) is 15.4. The number of pyridine rings is 1. The van der Waals surface area contributed by atoms with E-state index < -0.39 is 0 Å². The molecule has 7 nitrogen and oxygen atoms in total. The maximum absolute atomic E-state index is 5.53. The SMILES string of the molecule is S=c1n(CN2CCN(c3ccccn3)CC2)nnn1-c1ccccc1. The Morgan fingerprint density at radius 2 is 1.64 bits per heavy atom. The lowest BCUT2D eigenvalue weighted by Crippen LogP contribution is -2.47. The summed E-state index contributed by atoms with van der Waals surface area (Å²) in [5, 5.41) is 8.41. The van der Waals surface area contributed by atoms with E-state index in [1.165, 1.54) is 0 Å². The third-order valence-corrected chi connectivity index (χ3v) is 4.70. The van der Waals surface area contributed by atoms with Crippen molar-refractivity contribution >= 4 is 18.0 Å². The fraction of sp³-hybridized carbons (Fsp3) is 0.294. The molecule has 2 aromatic heterocycles. The lowest BCUT2D eigenvalue weighted by atomic mass is 10.3. The lowest BCUT2D eigenvalue weighted by molar-refractivity contribution is 0.192. The van der Waals surface area contributed by atoms with Crippen LogP contribution in [0.15, 0.2) is 54.7 Å². The second-order valence-corrected chi connectivity index (χ2v) is 6.31. The highest BCUT2D eigenvalue weighted by atomic mass is 32.1. The van der Waals surface area contributed by atoms with E-state index in [4.69, 9.17) is 12.2 Å². The number of aromatic nitrogens is 5. The Labute approximate surface area is 151 Å². The number of hydrogen-bond acceptors (Lipinski definition) is 6. The second-order valence-electron chi connectivity index (χ2n) is 5.94. The molecule has 0 N–H and O–H groups in total. The molecule has 0 spiro atoms. The smallest absolute Gasteiger partial charge is 0.221 e. The molecular weight excluding hydrogens is 334 g/mol. The number of para-hydroxylation sites is 1. The van der Waals surface area contributed by atoms with Crippen molar-refractivity contribution in [2.75, 3.05) is 31.1 Å². The van der Waals surface area contributed by atoms with Gasteiger partial charge in [-0.05, 0) is 46.9 Å². The predicted molar refractivity (Wildman–Crippen MR) is 98.2 cm³/mol. The Hall–Kier alpha value is -2.58. The molecule has 0 saturated carbocycles. The van der Waals surface area contributed by atoms with E-state index in [1.807, 2.05) is 48.7 Å². The summed E-state index contributed by atoms with van der Waals surface area (Å²) in [5.74, 6) is 1.04. The Morgan fingerprint density at radius 1 is 0.880 bits per heavy atom. The number of piperazine rings is 1. The van der Waals surface area contributed by atoms with E-state index in [2.05, 4.69) is 31.3 Å². The quantitative estimate of drug-likeness (QED) is 0.669. The molecule has 3 aromatic rings. The van der Waals surface area contributed by atoms with Crippen LogP contribution in [-0.4, -0.2) is 55.9 Å². The van der Waals surface area contributed by atoms with Gasteiger partial charge in [0.15, 0.2) is 0 Å². The third-order valence-electron chi connectivity index (χ3n) is 4.32. The summed E-state index contributed by atoms with van der Waals surface area (Å²) in [6, 6.07) is 15.9. The molecule has 0 unspecified atom stereocenters. The van der Waals surface area contributed by atoms with Crippen LogP contribution in [0.4, 0.5) is 5.82 Å². The van der Waals surface area contributed by atoms with Crippen molar-refractivity contribution in [1.29, 1.82) is 0 Å². The van der Waals surface area contributed by atoms with Crippen molar-refractivity contribution in [1.82, 2.24) is 29.7 Å².